The first-order chi connectivity index (χ1) is 5.86. The Kier molecular flexibility index (Phi) is 4.92. The fourth-order valence-corrected chi connectivity index (χ4v) is 2.78. The van der Waals surface area contributed by atoms with Crippen LogP contribution in [0.2, 0.25) is 5.54 Å². The quantitative estimate of drug-likeness (QED) is 0.666. The highest BCUT2D eigenvalue weighted by molar-refractivity contribution is 6.33. The molecule has 1 fully saturated rings. The van der Waals surface area contributed by atoms with Crippen molar-refractivity contribution < 1.29 is 0 Å². The zero-order chi connectivity index (χ0) is 8.81. The second-order valence-corrected chi connectivity index (χ2v) is 5.18. The van der Waals surface area contributed by atoms with E-state index in [0.29, 0.717) is 9.68 Å². The summed E-state index contributed by atoms with van der Waals surface area (Å²) in [6.07, 6.45) is 9.98. The van der Waals surface area contributed by atoms with Crippen molar-refractivity contribution in [3.8, 4) is 0 Å². The largest absolute Gasteiger partial charge is 0.353 e. The van der Waals surface area contributed by atoms with Crippen molar-refractivity contribution in [1.29, 1.82) is 0 Å². The van der Waals surface area contributed by atoms with Gasteiger partial charge in [0.25, 0.3) is 0 Å². The monoisotopic (exact) mass is 183 g/mol. The van der Waals surface area contributed by atoms with E-state index >= 15 is 0 Å². The maximum absolute atomic E-state index is 5.68. The van der Waals surface area contributed by atoms with Gasteiger partial charge >= 0.3 is 0 Å². The summed E-state index contributed by atoms with van der Waals surface area (Å²) < 4.78 is 0. The number of hydrogen-bond acceptors (Lipinski definition) is 1. The lowest BCUT2D eigenvalue weighted by Gasteiger charge is -2.26. The van der Waals surface area contributed by atoms with Gasteiger partial charge in [0.05, 0.1) is 0 Å². The van der Waals surface area contributed by atoms with Gasteiger partial charge in [0.1, 0.15) is 9.68 Å². The van der Waals surface area contributed by atoms with Crippen molar-refractivity contribution >= 4 is 9.68 Å². The Labute approximate surface area is 79.0 Å². The van der Waals surface area contributed by atoms with Gasteiger partial charge in [0.15, 0.2) is 0 Å². The predicted octanol–water partition coefficient (Wildman–Crippen LogP) is 2.73. The fourth-order valence-electron chi connectivity index (χ4n) is 2.11. The molecule has 0 heterocycles. The normalized spacial score (nSPS) is 30.5. The lowest BCUT2D eigenvalue weighted by Crippen LogP contribution is -2.20. The van der Waals surface area contributed by atoms with Crippen LogP contribution in [0.4, 0.5) is 0 Å². The van der Waals surface area contributed by atoms with E-state index in [1.807, 2.05) is 0 Å². The topological polar surface area (TPSA) is 26.0 Å². The second kappa shape index (κ2) is 5.76. The third kappa shape index (κ3) is 3.28. The van der Waals surface area contributed by atoms with Crippen LogP contribution in [0.3, 0.4) is 0 Å². The Bertz CT molecular complexity index is 108. The zero-order valence-electron chi connectivity index (χ0n) is 8.18. The third-order valence-corrected chi connectivity index (χ3v) is 4.10. The molecule has 12 heavy (non-hydrogen) atoms. The Morgan fingerprint density at radius 1 is 1.25 bits per heavy atom. The van der Waals surface area contributed by atoms with Crippen molar-refractivity contribution in [1.82, 2.24) is 0 Å². The van der Waals surface area contributed by atoms with Crippen LogP contribution in [0.5, 0.6) is 0 Å². The third-order valence-electron chi connectivity index (χ3n) is 3.05. The summed E-state index contributed by atoms with van der Waals surface area (Å²) in [5.74, 6) is 1.04. The lowest BCUT2D eigenvalue weighted by molar-refractivity contribution is 0.330. The van der Waals surface area contributed by atoms with Crippen molar-refractivity contribution in [2.45, 2.75) is 57.4 Å². The molecule has 1 nitrogen and oxygen atoms in total. The standard InChI is InChI=1S/C10H21NSi/c1-2-3-4-9-5-7-10(12-11)8-6-9/h9-10H,2-8,11H2,1H3. The fraction of sp³-hybridized carbons (Fsp3) is 1.00. The zero-order valence-corrected chi connectivity index (χ0v) is 9.18. The van der Waals surface area contributed by atoms with Crippen LogP contribution in [0.25, 0.3) is 0 Å². The van der Waals surface area contributed by atoms with E-state index in [0.717, 1.165) is 11.5 Å². The molecule has 0 aliphatic heterocycles. The molecule has 70 valence electrons. The summed E-state index contributed by atoms with van der Waals surface area (Å²) >= 11 is 0. The molecule has 0 aromatic rings. The highest BCUT2D eigenvalue weighted by Gasteiger charge is 2.19. The molecular formula is C10H21NSi. The minimum atomic E-state index is 0.699. The van der Waals surface area contributed by atoms with Crippen molar-refractivity contribution in [2.24, 2.45) is 11.3 Å². The summed E-state index contributed by atoms with van der Waals surface area (Å²) in [5.41, 5.74) is 0.878. The van der Waals surface area contributed by atoms with Crippen LogP contribution in [0.15, 0.2) is 0 Å². The smallest absolute Gasteiger partial charge is 0.139 e. The molecular weight excluding hydrogens is 162 g/mol. The first-order valence-corrected chi connectivity index (χ1v) is 6.48. The van der Waals surface area contributed by atoms with Crippen LogP contribution < -0.4 is 5.40 Å². The van der Waals surface area contributed by atoms with Crippen LogP contribution >= 0.6 is 0 Å². The molecule has 0 aromatic heterocycles. The van der Waals surface area contributed by atoms with E-state index in [1.54, 1.807) is 0 Å². The molecule has 2 N–H and O–H groups in total. The highest BCUT2D eigenvalue weighted by Crippen LogP contribution is 2.33. The van der Waals surface area contributed by atoms with Crippen molar-refractivity contribution in [3.05, 3.63) is 0 Å². The van der Waals surface area contributed by atoms with Crippen LogP contribution in [-0.2, 0) is 0 Å². The van der Waals surface area contributed by atoms with Crippen molar-refractivity contribution in [3.63, 3.8) is 0 Å². The highest BCUT2D eigenvalue weighted by atomic mass is 28.2. The van der Waals surface area contributed by atoms with Gasteiger partial charge in [-0.2, -0.15) is 0 Å². The Hall–Kier alpha value is 0.177. The van der Waals surface area contributed by atoms with E-state index in [9.17, 15) is 0 Å². The molecule has 2 heteroatoms. The average Bonchev–Trinajstić information content (AvgIpc) is 2.15. The maximum atomic E-state index is 5.68. The molecule has 0 aromatic carbocycles. The summed E-state index contributed by atoms with van der Waals surface area (Å²) in [4.78, 5) is 0. The molecule has 0 unspecified atom stereocenters. The van der Waals surface area contributed by atoms with Crippen molar-refractivity contribution in [2.75, 3.05) is 0 Å². The Morgan fingerprint density at radius 2 is 1.92 bits per heavy atom. The summed E-state index contributed by atoms with van der Waals surface area (Å²) in [5, 5.41) is 5.68. The summed E-state index contributed by atoms with van der Waals surface area (Å²) in [6.45, 7) is 2.28. The van der Waals surface area contributed by atoms with Gasteiger partial charge < -0.3 is 5.40 Å². The predicted molar refractivity (Wildman–Crippen MR) is 55.2 cm³/mol. The number of nitrogens with two attached hydrogens (primary N) is 1. The second-order valence-electron chi connectivity index (χ2n) is 4.03. The van der Waals surface area contributed by atoms with Gasteiger partial charge in [-0.3, -0.25) is 0 Å². The molecule has 0 saturated heterocycles. The minimum absolute atomic E-state index is 0.699. The maximum Gasteiger partial charge on any atom is 0.139 e. The molecule has 2 radical (unpaired) electrons. The van der Waals surface area contributed by atoms with E-state index in [2.05, 4.69) is 6.92 Å². The molecule has 0 amide bonds. The van der Waals surface area contributed by atoms with E-state index < -0.39 is 0 Å². The Balaban J connectivity index is 2.09. The lowest BCUT2D eigenvalue weighted by atomic mass is 9.85. The van der Waals surface area contributed by atoms with Gasteiger partial charge in [0.2, 0.25) is 0 Å². The van der Waals surface area contributed by atoms with Gasteiger partial charge in [-0.1, -0.05) is 51.9 Å². The van der Waals surface area contributed by atoms with Gasteiger partial charge in [-0.15, -0.1) is 0 Å². The molecule has 0 atom stereocenters. The van der Waals surface area contributed by atoms with Gasteiger partial charge in [-0.05, 0) is 11.5 Å². The van der Waals surface area contributed by atoms with E-state index in [-0.39, 0.29) is 0 Å². The Morgan fingerprint density at radius 3 is 2.42 bits per heavy atom. The first-order valence-electron chi connectivity index (χ1n) is 5.33. The molecule has 0 spiro atoms. The molecule has 1 saturated carbocycles. The SMILES string of the molecule is CCCCC1CCC([Si]N)CC1. The van der Waals surface area contributed by atoms with E-state index in [1.165, 1.54) is 44.9 Å². The number of rotatable bonds is 4. The van der Waals surface area contributed by atoms with Gasteiger partial charge in [-0.25, -0.2) is 0 Å². The summed E-state index contributed by atoms with van der Waals surface area (Å²) in [6, 6.07) is 0. The average molecular weight is 183 g/mol. The van der Waals surface area contributed by atoms with Gasteiger partial charge in [0, 0.05) is 0 Å². The molecule has 1 aliphatic rings. The molecule has 0 bridgehead atoms. The molecule has 1 rings (SSSR count). The first kappa shape index (κ1) is 10.3. The number of hydrogen-bond donors (Lipinski definition) is 1. The number of unbranched alkanes of at least 4 members (excludes halogenated alkanes) is 1. The van der Waals surface area contributed by atoms with Crippen LogP contribution in [0.1, 0.15) is 51.9 Å². The van der Waals surface area contributed by atoms with E-state index in [4.69, 9.17) is 5.40 Å². The summed E-state index contributed by atoms with van der Waals surface area (Å²) in [7, 11) is 0.699. The van der Waals surface area contributed by atoms with Crippen LogP contribution in [0, 0.1) is 5.92 Å². The van der Waals surface area contributed by atoms with Crippen LogP contribution in [-0.4, -0.2) is 9.68 Å². The minimum Gasteiger partial charge on any atom is -0.353 e. The molecule has 1 aliphatic carbocycles.